The topological polar surface area (TPSA) is 50.0 Å². The Hall–Kier alpha value is -2.44. The van der Waals surface area contributed by atoms with E-state index in [4.69, 9.17) is 16.6 Å². The fourth-order valence-electron chi connectivity index (χ4n) is 2.55. The molecule has 3 rings (SSSR count). The van der Waals surface area contributed by atoms with Gasteiger partial charge in [-0.3, -0.25) is 10.00 Å². The van der Waals surface area contributed by atoms with Crippen molar-refractivity contribution in [2.45, 2.75) is 27.1 Å². The van der Waals surface area contributed by atoms with Crippen LogP contribution in [-0.2, 0) is 13.2 Å². The molecule has 6 heteroatoms. The molecule has 0 aliphatic rings. The lowest BCUT2D eigenvalue weighted by Crippen LogP contribution is -2.22. The van der Waals surface area contributed by atoms with Crippen LogP contribution in [0.5, 0.6) is 0 Å². The van der Waals surface area contributed by atoms with E-state index < -0.39 is 0 Å². The fraction of sp³-hybridized carbons (Fsp3) is 0.263. The Morgan fingerprint density at radius 1 is 1.16 bits per heavy atom. The van der Waals surface area contributed by atoms with E-state index in [9.17, 15) is 0 Å². The average Bonchev–Trinajstić information content (AvgIpc) is 3.14. The summed E-state index contributed by atoms with van der Waals surface area (Å²) < 4.78 is 7.90. The van der Waals surface area contributed by atoms with Gasteiger partial charge in [-0.2, -0.15) is 4.98 Å². The zero-order valence-electron chi connectivity index (χ0n) is 14.7. The summed E-state index contributed by atoms with van der Waals surface area (Å²) in [5.41, 5.74) is 2.54. The summed E-state index contributed by atoms with van der Waals surface area (Å²) in [7, 11) is 2.06. The van der Waals surface area contributed by atoms with Gasteiger partial charge in [-0.05, 0) is 63.0 Å². The smallest absolute Gasteiger partial charge is 0.217 e. The highest BCUT2D eigenvalue weighted by molar-refractivity contribution is 7.71. The Kier molecular flexibility index (Phi) is 5.31. The van der Waals surface area contributed by atoms with Gasteiger partial charge in [-0.15, -0.1) is 0 Å². The van der Waals surface area contributed by atoms with E-state index in [1.54, 1.807) is 0 Å². The van der Waals surface area contributed by atoms with Gasteiger partial charge in [0.05, 0.1) is 6.67 Å². The number of aromatic amines is 1. The van der Waals surface area contributed by atoms with Gasteiger partial charge in [0.2, 0.25) is 4.77 Å². The average molecular weight is 354 g/mol. The highest BCUT2D eigenvalue weighted by atomic mass is 32.1. The van der Waals surface area contributed by atoms with Crippen molar-refractivity contribution in [3.8, 4) is 0 Å². The molecule has 5 nitrogen and oxygen atoms in total. The second-order valence-corrected chi connectivity index (χ2v) is 6.61. The summed E-state index contributed by atoms with van der Waals surface area (Å²) >= 11 is 5.34. The number of nitrogens with one attached hydrogen (secondary N) is 1. The first-order chi connectivity index (χ1) is 12.0. The standard InChI is InChI=1S/C19H22N4OS/c1-14-4-7-16(8-5-14)12-22(3)13-23-19(25)20-18(21-23)11-10-17-9-6-15(2)24-17/h4-11H,12-13H2,1-3H3,(H,20,21,25)/b11-10+. The summed E-state index contributed by atoms with van der Waals surface area (Å²) in [6.07, 6.45) is 3.74. The summed E-state index contributed by atoms with van der Waals surface area (Å²) in [6.45, 7) is 5.51. The molecule has 2 aromatic heterocycles. The SMILES string of the molecule is Cc1ccc(CN(C)Cn2[nH]c(/C=C/c3ccc(C)o3)nc2=S)cc1. The summed E-state index contributed by atoms with van der Waals surface area (Å²) in [4.78, 5) is 6.55. The predicted octanol–water partition coefficient (Wildman–Crippen LogP) is 4.41. The molecule has 0 radical (unpaired) electrons. The quantitative estimate of drug-likeness (QED) is 0.666. The largest absolute Gasteiger partial charge is 0.462 e. The van der Waals surface area contributed by atoms with E-state index in [0.29, 0.717) is 17.3 Å². The zero-order chi connectivity index (χ0) is 17.8. The maximum absolute atomic E-state index is 5.51. The Bertz CT molecular complexity index is 918. The highest BCUT2D eigenvalue weighted by Gasteiger charge is 2.05. The van der Waals surface area contributed by atoms with E-state index in [-0.39, 0.29) is 0 Å². The lowest BCUT2D eigenvalue weighted by Gasteiger charge is -2.17. The van der Waals surface area contributed by atoms with Gasteiger partial charge < -0.3 is 4.42 Å². The van der Waals surface area contributed by atoms with Crippen LogP contribution in [0.3, 0.4) is 0 Å². The molecule has 0 bridgehead atoms. The molecule has 25 heavy (non-hydrogen) atoms. The molecule has 0 saturated heterocycles. The number of rotatable bonds is 6. The van der Waals surface area contributed by atoms with Crippen LogP contribution in [0.2, 0.25) is 0 Å². The van der Waals surface area contributed by atoms with E-state index in [1.807, 2.05) is 35.9 Å². The third-order valence-electron chi connectivity index (χ3n) is 3.82. The first-order valence-electron chi connectivity index (χ1n) is 8.15. The molecule has 0 fully saturated rings. The molecular formula is C19H22N4OS. The van der Waals surface area contributed by atoms with Gasteiger partial charge in [-0.1, -0.05) is 29.8 Å². The maximum atomic E-state index is 5.51. The van der Waals surface area contributed by atoms with Crippen molar-refractivity contribution >= 4 is 24.4 Å². The number of hydrogen-bond donors (Lipinski definition) is 1. The molecule has 1 aromatic carbocycles. The third kappa shape index (κ3) is 4.78. The number of H-pyrrole nitrogens is 1. The first kappa shape index (κ1) is 17.4. The molecule has 0 atom stereocenters. The third-order valence-corrected chi connectivity index (χ3v) is 4.13. The normalized spacial score (nSPS) is 11.7. The van der Waals surface area contributed by atoms with Crippen molar-refractivity contribution in [1.82, 2.24) is 19.7 Å². The van der Waals surface area contributed by atoms with Crippen LogP contribution in [0.15, 0.2) is 40.8 Å². The maximum Gasteiger partial charge on any atom is 0.217 e. The lowest BCUT2D eigenvalue weighted by atomic mass is 10.1. The van der Waals surface area contributed by atoms with Crippen LogP contribution in [0.1, 0.15) is 28.5 Å². The molecule has 0 aliphatic heterocycles. The van der Waals surface area contributed by atoms with Crippen LogP contribution in [0.25, 0.3) is 12.2 Å². The molecule has 0 spiro atoms. The van der Waals surface area contributed by atoms with Crippen molar-refractivity contribution in [3.05, 3.63) is 69.6 Å². The molecule has 130 valence electrons. The van der Waals surface area contributed by atoms with Gasteiger partial charge in [0, 0.05) is 6.54 Å². The Morgan fingerprint density at radius 2 is 1.92 bits per heavy atom. The monoisotopic (exact) mass is 354 g/mol. The van der Waals surface area contributed by atoms with Crippen LogP contribution < -0.4 is 0 Å². The van der Waals surface area contributed by atoms with Gasteiger partial charge in [0.1, 0.15) is 17.3 Å². The van der Waals surface area contributed by atoms with E-state index in [0.717, 1.165) is 18.1 Å². The molecule has 0 unspecified atom stereocenters. The Morgan fingerprint density at radius 3 is 2.60 bits per heavy atom. The lowest BCUT2D eigenvalue weighted by molar-refractivity contribution is 0.244. The first-order valence-corrected chi connectivity index (χ1v) is 8.56. The number of aryl methyl sites for hydroxylation is 2. The number of nitrogens with zero attached hydrogens (tertiary/aromatic N) is 3. The van der Waals surface area contributed by atoms with Crippen molar-refractivity contribution < 1.29 is 4.42 Å². The van der Waals surface area contributed by atoms with Crippen LogP contribution in [0, 0.1) is 18.6 Å². The number of benzene rings is 1. The molecule has 2 heterocycles. The van der Waals surface area contributed by atoms with Gasteiger partial charge in [-0.25, -0.2) is 4.68 Å². The second kappa shape index (κ2) is 7.63. The summed E-state index contributed by atoms with van der Waals surface area (Å²) in [5.74, 6) is 2.39. The van der Waals surface area contributed by atoms with Gasteiger partial charge in [0.15, 0.2) is 0 Å². The second-order valence-electron chi connectivity index (χ2n) is 6.24. The van der Waals surface area contributed by atoms with Crippen LogP contribution in [0.4, 0.5) is 0 Å². The van der Waals surface area contributed by atoms with Crippen molar-refractivity contribution in [3.63, 3.8) is 0 Å². The molecular weight excluding hydrogens is 332 g/mol. The minimum Gasteiger partial charge on any atom is -0.462 e. The zero-order valence-corrected chi connectivity index (χ0v) is 15.5. The number of aromatic nitrogens is 3. The van der Waals surface area contributed by atoms with Crippen molar-refractivity contribution in [1.29, 1.82) is 0 Å². The molecule has 0 saturated carbocycles. The minimum absolute atomic E-state index is 0.533. The van der Waals surface area contributed by atoms with E-state index >= 15 is 0 Å². The Balaban J connectivity index is 1.64. The molecule has 0 amide bonds. The number of hydrogen-bond acceptors (Lipinski definition) is 4. The summed E-state index contributed by atoms with van der Waals surface area (Å²) in [6, 6.07) is 12.4. The van der Waals surface area contributed by atoms with E-state index in [1.165, 1.54) is 11.1 Å². The van der Waals surface area contributed by atoms with Crippen LogP contribution >= 0.6 is 12.2 Å². The van der Waals surface area contributed by atoms with Crippen molar-refractivity contribution in [2.24, 2.45) is 0 Å². The van der Waals surface area contributed by atoms with Gasteiger partial charge >= 0.3 is 0 Å². The number of furan rings is 1. The minimum atomic E-state index is 0.533. The fourth-order valence-corrected chi connectivity index (χ4v) is 2.75. The molecule has 3 aromatic rings. The predicted molar refractivity (Wildman–Crippen MR) is 102 cm³/mol. The van der Waals surface area contributed by atoms with Crippen molar-refractivity contribution in [2.75, 3.05) is 7.05 Å². The summed E-state index contributed by atoms with van der Waals surface area (Å²) in [5, 5.41) is 3.22. The van der Waals surface area contributed by atoms with E-state index in [2.05, 4.69) is 53.2 Å². The van der Waals surface area contributed by atoms with Crippen LogP contribution in [-0.4, -0.2) is 26.7 Å². The highest BCUT2D eigenvalue weighted by Crippen LogP contribution is 2.10. The van der Waals surface area contributed by atoms with Gasteiger partial charge in [0.25, 0.3) is 0 Å². The molecule has 0 aliphatic carbocycles. The molecule has 1 N–H and O–H groups in total. The Labute approximate surface area is 152 Å².